The lowest BCUT2D eigenvalue weighted by atomic mass is 9.93. The molecule has 0 saturated heterocycles. The molecule has 0 spiro atoms. The number of carbonyl (C=O) groups is 1. The number of amides is 1. The summed E-state index contributed by atoms with van der Waals surface area (Å²) in [5.74, 6) is -0.0872. The number of hydrogen-bond acceptors (Lipinski definition) is 3. The van der Waals surface area contributed by atoms with Crippen molar-refractivity contribution < 1.29 is 9.90 Å². The van der Waals surface area contributed by atoms with Gasteiger partial charge < -0.3 is 15.7 Å². The number of rotatable bonds is 4. The van der Waals surface area contributed by atoms with Crippen LogP contribution in [0.4, 0.5) is 5.69 Å². The van der Waals surface area contributed by atoms with Crippen LogP contribution < -0.4 is 10.6 Å². The summed E-state index contributed by atoms with van der Waals surface area (Å²) in [6.45, 7) is 0.230. The van der Waals surface area contributed by atoms with Gasteiger partial charge in [0.1, 0.15) is 0 Å². The number of hydrogen-bond donors (Lipinski definition) is 3. The molecule has 0 aromatic heterocycles. The third-order valence-corrected chi connectivity index (χ3v) is 3.86. The molecule has 19 heavy (non-hydrogen) atoms. The summed E-state index contributed by atoms with van der Waals surface area (Å²) in [4.78, 5) is 11.8. The molecule has 2 unspecified atom stereocenters. The van der Waals surface area contributed by atoms with E-state index in [-0.39, 0.29) is 24.6 Å². The Morgan fingerprint density at radius 3 is 2.89 bits per heavy atom. The summed E-state index contributed by atoms with van der Waals surface area (Å²) >= 11 is 3.36. The van der Waals surface area contributed by atoms with Crippen molar-refractivity contribution in [2.75, 3.05) is 11.9 Å². The first-order chi connectivity index (χ1) is 9.15. The van der Waals surface area contributed by atoms with Gasteiger partial charge in [0, 0.05) is 16.2 Å². The lowest BCUT2D eigenvalue weighted by Gasteiger charge is -2.28. The van der Waals surface area contributed by atoms with Gasteiger partial charge in [-0.05, 0) is 31.0 Å². The highest BCUT2D eigenvalue weighted by Gasteiger charge is 2.22. The van der Waals surface area contributed by atoms with Crippen molar-refractivity contribution in [1.29, 1.82) is 0 Å². The highest BCUT2D eigenvalue weighted by atomic mass is 79.9. The molecule has 4 nitrogen and oxygen atoms in total. The molecule has 1 aromatic carbocycles. The van der Waals surface area contributed by atoms with E-state index in [1.54, 1.807) is 0 Å². The van der Waals surface area contributed by atoms with E-state index < -0.39 is 0 Å². The van der Waals surface area contributed by atoms with Crippen LogP contribution in [0.3, 0.4) is 0 Å². The normalized spacial score (nSPS) is 23.1. The van der Waals surface area contributed by atoms with Crippen molar-refractivity contribution in [3.63, 3.8) is 0 Å². The third-order valence-electron chi connectivity index (χ3n) is 3.36. The third kappa shape index (κ3) is 4.60. The molecule has 5 heteroatoms. The van der Waals surface area contributed by atoms with E-state index in [0.29, 0.717) is 0 Å². The molecule has 1 aliphatic carbocycles. The quantitative estimate of drug-likeness (QED) is 0.795. The highest BCUT2D eigenvalue weighted by molar-refractivity contribution is 9.10. The van der Waals surface area contributed by atoms with Gasteiger partial charge in [0.2, 0.25) is 5.91 Å². The zero-order chi connectivity index (χ0) is 13.7. The van der Waals surface area contributed by atoms with Crippen LogP contribution in [0.2, 0.25) is 0 Å². The van der Waals surface area contributed by atoms with Crippen LogP contribution in [-0.2, 0) is 4.79 Å². The molecular formula is C14H19BrN2O2. The number of halogens is 1. The first kappa shape index (κ1) is 14.5. The largest absolute Gasteiger partial charge is 0.392 e. The standard InChI is InChI=1S/C14H19BrN2O2/c15-10-4-3-5-11(8-10)17-14(19)9-16-12-6-1-2-7-13(12)18/h3-5,8,12-13,16,18H,1-2,6-7,9H2,(H,17,19). The number of nitrogens with one attached hydrogen (secondary N) is 2. The minimum absolute atomic E-state index is 0.0435. The molecule has 3 N–H and O–H groups in total. The van der Waals surface area contributed by atoms with E-state index in [9.17, 15) is 9.90 Å². The number of aliphatic hydroxyl groups is 1. The maximum Gasteiger partial charge on any atom is 0.238 e. The van der Waals surface area contributed by atoms with Gasteiger partial charge in [-0.3, -0.25) is 4.79 Å². The molecule has 0 radical (unpaired) electrons. The van der Waals surface area contributed by atoms with Crippen molar-refractivity contribution in [2.45, 2.75) is 37.8 Å². The fraction of sp³-hybridized carbons (Fsp3) is 0.500. The second-order valence-electron chi connectivity index (χ2n) is 4.90. The van der Waals surface area contributed by atoms with Crippen LogP contribution in [0.5, 0.6) is 0 Å². The summed E-state index contributed by atoms with van der Waals surface area (Å²) in [5, 5.41) is 15.8. The Morgan fingerprint density at radius 2 is 2.16 bits per heavy atom. The van der Waals surface area contributed by atoms with E-state index in [0.717, 1.165) is 35.8 Å². The van der Waals surface area contributed by atoms with Gasteiger partial charge in [0.05, 0.1) is 12.6 Å². The molecule has 1 saturated carbocycles. The predicted molar refractivity (Wildman–Crippen MR) is 79.0 cm³/mol. The van der Waals surface area contributed by atoms with E-state index in [4.69, 9.17) is 0 Å². The Kier molecular flexibility index (Phi) is 5.36. The van der Waals surface area contributed by atoms with Gasteiger partial charge in [-0.2, -0.15) is 0 Å². The van der Waals surface area contributed by atoms with E-state index in [1.807, 2.05) is 24.3 Å². The molecule has 2 rings (SSSR count). The fourth-order valence-electron chi connectivity index (χ4n) is 2.34. The lowest BCUT2D eigenvalue weighted by molar-refractivity contribution is -0.115. The van der Waals surface area contributed by atoms with Crippen molar-refractivity contribution in [3.05, 3.63) is 28.7 Å². The minimum Gasteiger partial charge on any atom is -0.392 e. The van der Waals surface area contributed by atoms with E-state index in [1.165, 1.54) is 0 Å². The Balaban J connectivity index is 1.78. The molecule has 0 aliphatic heterocycles. The van der Waals surface area contributed by atoms with Crippen LogP contribution in [0.15, 0.2) is 28.7 Å². The molecule has 1 aromatic rings. The van der Waals surface area contributed by atoms with Gasteiger partial charge in [-0.15, -0.1) is 0 Å². The van der Waals surface area contributed by atoms with Crippen LogP contribution in [-0.4, -0.2) is 29.7 Å². The molecular weight excluding hydrogens is 308 g/mol. The minimum atomic E-state index is -0.326. The number of aliphatic hydroxyl groups excluding tert-OH is 1. The highest BCUT2D eigenvalue weighted by Crippen LogP contribution is 2.18. The Hall–Kier alpha value is -0.910. The zero-order valence-corrected chi connectivity index (χ0v) is 12.3. The molecule has 1 amide bonds. The predicted octanol–water partition coefficient (Wildman–Crippen LogP) is 2.28. The topological polar surface area (TPSA) is 61.4 Å². The maximum atomic E-state index is 11.8. The van der Waals surface area contributed by atoms with Crippen molar-refractivity contribution in [3.8, 4) is 0 Å². The van der Waals surface area contributed by atoms with Crippen molar-refractivity contribution in [1.82, 2.24) is 5.32 Å². The molecule has 2 atom stereocenters. The molecule has 0 heterocycles. The summed E-state index contributed by atoms with van der Waals surface area (Å²) in [7, 11) is 0. The monoisotopic (exact) mass is 326 g/mol. The Bertz CT molecular complexity index is 439. The van der Waals surface area contributed by atoms with E-state index in [2.05, 4.69) is 26.6 Å². The van der Waals surface area contributed by atoms with Crippen LogP contribution >= 0.6 is 15.9 Å². The van der Waals surface area contributed by atoms with Gasteiger partial charge in [0.15, 0.2) is 0 Å². The maximum absolute atomic E-state index is 11.8. The molecule has 104 valence electrons. The average molecular weight is 327 g/mol. The van der Waals surface area contributed by atoms with Crippen LogP contribution in [0, 0.1) is 0 Å². The Labute approximate surface area is 121 Å². The van der Waals surface area contributed by atoms with Crippen LogP contribution in [0.25, 0.3) is 0 Å². The fourth-order valence-corrected chi connectivity index (χ4v) is 2.74. The summed E-state index contributed by atoms with van der Waals surface area (Å²) in [6.07, 6.45) is 3.62. The average Bonchev–Trinajstić information content (AvgIpc) is 2.38. The summed E-state index contributed by atoms with van der Waals surface area (Å²) in [6, 6.07) is 7.53. The SMILES string of the molecule is O=C(CNC1CCCCC1O)Nc1cccc(Br)c1. The molecule has 0 bridgehead atoms. The van der Waals surface area contributed by atoms with Gasteiger partial charge in [0.25, 0.3) is 0 Å². The van der Waals surface area contributed by atoms with Crippen molar-refractivity contribution in [2.24, 2.45) is 0 Å². The van der Waals surface area contributed by atoms with Crippen LogP contribution in [0.1, 0.15) is 25.7 Å². The second kappa shape index (κ2) is 7.03. The first-order valence-electron chi connectivity index (χ1n) is 6.62. The molecule has 1 aliphatic rings. The van der Waals surface area contributed by atoms with Gasteiger partial charge in [-0.1, -0.05) is 34.8 Å². The lowest BCUT2D eigenvalue weighted by Crippen LogP contribution is -2.45. The zero-order valence-electron chi connectivity index (χ0n) is 10.7. The smallest absolute Gasteiger partial charge is 0.238 e. The number of carbonyl (C=O) groups excluding carboxylic acids is 1. The van der Waals surface area contributed by atoms with Crippen molar-refractivity contribution >= 4 is 27.5 Å². The summed E-state index contributed by atoms with van der Waals surface area (Å²) in [5.41, 5.74) is 0.769. The van der Waals surface area contributed by atoms with Gasteiger partial charge >= 0.3 is 0 Å². The number of benzene rings is 1. The first-order valence-corrected chi connectivity index (χ1v) is 7.41. The number of anilines is 1. The van der Waals surface area contributed by atoms with E-state index >= 15 is 0 Å². The second-order valence-corrected chi connectivity index (χ2v) is 5.81. The molecule has 1 fully saturated rings. The van der Waals surface area contributed by atoms with Gasteiger partial charge in [-0.25, -0.2) is 0 Å². The Morgan fingerprint density at radius 1 is 1.37 bits per heavy atom. The summed E-state index contributed by atoms with van der Waals surface area (Å²) < 4.78 is 0.931.